The molecule has 0 aliphatic carbocycles. The molecular formula is C15H13ClN4O3S. The van der Waals surface area contributed by atoms with Crippen molar-refractivity contribution >= 4 is 21.6 Å². The van der Waals surface area contributed by atoms with Gasteiger partial charge in [0.05, 0.1) is 11.4 Å². The Bertz CT molecular complexity index is 880. The van der Waals surface area contributed by atoms with Crippen molar-refractivity contribution in [3.8, 4) is 11.9 Å². The number of benzene rings is 1. The molecule has 1 atom stereocenters. The molecule has 0 spiro atoms. The molecule has 124 valence electrons. The first-order chi connectivity index (χ1) is 11.5. The maximum absolute atomic E-state index is 12.6. The van der Waals surface area contributed by atoms with E-state index in [9.17, 15) is 8.42 Å². The molecule has 24 heavy (non-hydrogen) atoms. The molecule has 0 N–H and O–H groups in total. The van der Waals surface area contributed by atoms with Gasteiger partial charge in [-0.3, -0.25) is 0 Å². The quantitative estimate of drug-likeness (QED) is 0.821. The van der Waals surface area contributed by atoms with Crippen molar-refractivity contribution in [1.82, 2.24) is 14.3 Å². The van der Waals surface area contributed by atoms with Gasteiger partial charge in [0.15, 0.2) is 0 Å². The minimum Gasteiger partial charge on any atom is -0.471 e. The Balaban J connectivity index is 1.73. The van der Waals surface area contributed by atoms with E-state index in [1.54, 1.807) is 0 Å². The zero-order valence-corrected chi connectivity index (χ0v) is 14.0. The number of nitrogens with zero attached hydrogens (tertiary/aromatic N) is 4. The summed E-state index contributed by atoms with van der Waals surface area (Å²) in [7, 11) is -3.60. The maximum atomic E-state index is 12.6. The minimum absolute atomic E-state index is 0.0801. The third-order valence-corrected chi connectivity index (χ3v) is 5.74. The van der Waals surface area contributed by atoms with Gasteiger partial charge in [0.2, 0.25) is 15.7 Å². The lowest BCUT2D eigenvalue weighted by Gasteiger charge is -2.17. The second-order valence-corrected chi connectivity index (χ2v) is 7.54. The van der Waals surface area contributed by atoms with E-state index in [0.717, 1.165) is 0 Å². The predicted molar refractivity (Wildman–Crippen MR) is 86.0 cm³/mol. The van der Waals surface area contributed by atoms with Crippen molar-refractivity contribution in [3.05, 3.63) is 47.4 Å². The summed E-state index contributed by atoms with van der Waals surface area (Å²) in [6.07, 6.45) is 2.95. The van der Waals surface area contributed by atoms with Crippen molar-refractivity contribution in [3.63, 3.8) is 0 Å². The zero-order valence-electron chi connectivity index (χ0n) is 12.5. The van der Waals surface area contributed by atoms with E-state index in [4.69, 9.17) is 21.6 Å². The fourth-order valence-electron chi connectivity index (χ4n) is 2.41. The highest BCUT2D eigenvalue weighted by Crippen LogP contribution is 2.25. The SMILES string of the molecule is N#Cc1nccnc1OC1CCN(S(=O)(=O)c2ccc(Cl)cc2)C1. The van der Waals surface area contributed by atoms with Crippen LogP contribution in [0.2, 0.25) is 5.02 Å². The first kappa shape index (κ1) is 16.6. The topological polar surface area (TPSA) is 96.2 Å². The first-order valence-electron chi connectivity index (χ1n) is 7.14. The van der Waals surface area contributed by atoms with Crippen LogP contribution in [0.25, 0.3) is 0 Å². The van der Waals surface area contributed by atoms with E-state index >= 15 is 0 Å². The summed E-state index contributed by atoms with van der Waals surface area (Å²) in [6, 6.07) is 7.93. The van der Waals surface area contributed by atoms with Gasteiger partial charge in [0.25, 0.3) is 5.88 Å². The van der Waals surface area contributed by atoms with E-state index < -0.39 is 10.0 Å². The third-order valence-electron chi connectivity index (χ3n) is 3.61. The van der Waals surface area contributed by atoms with Crippen molar-refractivity contribution in [1.29, 1.82) is 5.26 Å². The maximum Gasteiger partial charge on any atom is 0.251 e. The molecule has 2 aromatic rings. The summed E-state index contributed by atoms with van der Waals surface area (Å²) in [5.74, 6) is 0.121. The van der Waals surface area contributed by atoms with Gasteiger partial charge in [-0.1, -0.05) is 11.6 Å². The first-order valence-corrected chi connectivity index (χ1v) is 8.96. The average molecular weight is 365 g/mol. The highest BCUT2D eigenvalue weighted by atomic mass is 35.5. The van der Waals surface area contributed by atoms with Gasteiger partial charge in [-0.05, 0) is 30.7 Å². The molecule has 1 unspecified atom stereocenters. The fourth-order valence-corrected chi connectivity index (χ4v) is 4.03. The van der Waals surface area contributed by atoms with Crippen molar-refractivity contribution in [2.45, 2.75) is 17.4 Å². The van der Waals surface area contributed by atoms with E-state index in [1.165, 1.54) is 41.0 Å². The number of ether oxygens (including phenoxy) is 1. The minimum atomic E-state index is -3.60. The van der Waals surface area contributed by atoms with E-state index in [2.05, 4.69) is 9.97 Å². The van der Waals surface area contributed by atoms with Crippen LogP contribution in [-0.4, -0.2) is 41.9 Å². The normalized spacial score (nSPS) is 18.2. The van der Waals surface area contributed by atoms with Gasteiger partial charge in [0.1, 0.15) is 12.2 Å². The fraction of sp³-hybridized carbons (Fsp3) is 0.267. The molecule has 7 nitrogen and oxygen atoms in total. The van der Waals surface area contributed by atoms with Crippen molar-refractivity contribution < 1.29 is 13.2 Å². The van der Waals surface area contributed by atoms with E-state index in [-0.39, 0.29) is 29.1 Å². The lowest BCUT2D eigenvalue weighted by Crippen LogP contribution is -2.31. The van der Waals surface area contributed by atoms with Crippen LogP contribution in [0.5, 0.6) is 5.88 Å². The Hall–Kier alpha value is -2.21. The Labute approximate surface area is 144 Å². The summed E-state index contributed by atoms with van der Waals surface area (Å²) < 4.78 is 32.2. The number of sulfonamides is 1. The molecule has 2 heterocycles. The second kappa shape index (κ2) is 6.73. The molecule has 1 saturated heterocycles. The highest BCUT2D eigenvalue weighted by molar-refractivity contribution is 7.89. The summed E-state index contributed by atoms with van der Waals surface area (Å²) in [5.41, 5.74) is 0.0801. The molecule has 1 aliphatic heterocycles. The molecule has 0 amide bonds. The van der Waals surface area contributed by atoms with Crippen LogP contribution in [0.4, 0.5) is 0 Å². The molecule has 0 saturated carbocycles. The van der Waals surface area contributed by atoms with Gasteiger partial charge in [-0.2, -0.15) is 9.57 Å². The standard InChI is InChI=1S/C15H13ClN4O3S/c16-11-1-3-13(4-2-11)24(21,22)20-8-5-12(10-20)23-15-14(9-17)18-6-7-19-15/h1-4,6-7,12H,5,8,10H2. The number of aromatic nitrogens is 2. The van der Waals surface area contributed by atoms with Crippen LogP contribution in [0.3, 0.4) is 0 Å². The molecule has 1 aromatic carbocycles. The van der Waals surface area contributed by atoms with Crippen LogP contribution in [0.1, 0.15) is 12.1 Å². The van der Waals surface area contributed by atoms with Gasteiger partial charge in [-0.25, -0.2) is 18.4 Å². The van der Waals surface area contributed by atoms with Crippen LogP contribution in [0, 0.1) is 11.3 Å². The third kappa shape index (κ3) is 3.33. The molecule has 0 bridgehead atoms. The monoisotopic (exact) mass is 364 g/mol. The Kier molecular flexibility index (Phi) is 4.66. The van der Waals surface area contributed by atoms with Crippen LogP contribution in [-0.2, 0) is 10.0 Å². The van der Waals surface area contributed by atoms with Crippen LogP contribution >= 0.6 is 11.6 Å². The lowest BCUT2D eigenvalue weighted by atomic mass is 10.3. The molecule has 0 radical (unpaired) electrons. The van der Waals surface area contributed by atoms with Gasteiger partial charge < -0.3 is 4.74 Å². The van der Waals surface area contributed by atoms with Crippen molar-refractivity contribution in [2.24, 2.45) is 0 Å². The predicted octanol–water partition coefficient (Wildman–Crippen LogP) is 1.84. The van der Waals surface area contributed by atoms with E-state index in [0.29, 0.717) is 18.0 Å². The largest absolute Gasteiger partial charge is 0.471 e. The van der Waals surface area contributed by atoms with Gasteiger partial charge in [-0.15, -0.1) is 0 Å². The summed E-state index contributed by atoms with van der Waals surface area (Å²) in [6.45, 7) is 0.518. The number of rotatable bonds is 4. The van der Waals surface area contributed by atoms with Gasteiger partial charge in [0, 0.05) is 24.0 Å². The molecule has 3 rings (SSSR count). The summed E-state index contributed by atoms with van der Waals surface area (Å²) in [5, 5.41) is 9.47. The van der Waals surface area contributed by atoms with Gasteiger partial charge >= 0.3 is 0 Å². The van der Waals surface area contributed by atoms with E-state index in [1.807, 2.05) is 6.07 Å². The molecule has 1 fully saturated rings. The Morgan fingerprint density at radius 1 is 1.25 bits per heavy atom. The lowest BCUT2D eigenvalue weighted by molar-refractivity contribution is 0.205. The molecule has 1 aromatic heterocycles. The smallest absolute Gasteiger partial charge is 0.251 e. The molecular weight excluding hydrogens is 352 g/mol. The highest BCUT2D eigenvalue weighted by Gasteiger charge is 2.34. The van der Waals surface area contributed by atoms with Crippen LogP contribution in [0.15, 0.2) is 41.6 Å². The summed E-state index contributed by atoms with van der Waals surface area (Å²) in [4.78, 5) is 8.03. The Morgan fingerprint density at radius 3 is 2.67 bits per heavy atom. The van der Waals surface area contributed by atoms with Crippen molar-refractivity contribution in [2.75, 3.05) is 13.1 Å². The summed E-state index contributed by atoms with van der Waals surface area (Å²) >= 11 is 5.80. The average Bonchev–Trinajstić information content (AvgIpc) is 3.05. The number of nitriles is 1. The number of halogens is 1. The Morgan fingerprint density at radius 2 is 1.96 bits per heavy atom. The number of hydrogen-bond acceptors (Lipinski definition) is 6. The van der Waals surface area contributed by atoms with Crippen LogP contribution < -0.4 is 4.74 Å². The second-order valence-electron chi connectivity index (χ2n) is 5.17. The molecule has 9 heteroatoms. The zero-order chi connectivity index (χ0) is 17.2. The molecule has 1 aliphatic rings. The number of hydrogen-bond donors (Lipinski definition) is 0.